The minimum atomic E-state index is -0.342. The van der Waals surface area contributed by atoms with E-state index >= 15 is 0 Å². The maximum absolute atomic E-state index is 12.6. The Balaban J connectivity index is 1.29. The van der Waals surface area contributed by atoms with Gasteiger partial charge in [0, 0.05) is 30.4 Å². The molecule has 1 aliphatic rings. The van der Waals surface area contributed by atoms with Gasteiger partial charge in [-0.2, -0.15) is 0 Å². The van der Waals surface area contributed by atoms with Gasteiger partial charge in [-0.25, -0.2) is 14.8 Å². The van der Waals surface area contributed by atoms with Crippen LogP contribution in [-0.2, 0) is 9.53 Å². The van der Waals surface area contributed by atoms with Crippen LogP contribution in [-0.4, -0.2) is 41.5 Å². The summed E-state index contributed by atoms with van der Waals surface area (Å²) in [4.78, 5) is 35.3. The van der Waals surface area contributed by atoms with Gasteiger partial charge in [-0.05, 0) is 30.7 Å². The average Bonchev–Trinajstić information content (AvgIpc) is 2.79. The zero-order valence-electron chi connectivity index (χ0n) is 18.0. The first kappa shape index (κ1) is 21.5. The highest BCUT2D eigenvalue weighted by atomic mass is 16.5. The van der Waals surface area contributed by atoms with Gasteiger partial charge in [-0.1, -0.05) is 43.7 Å². The van der Waals surface area contributed by atoms with Crippen molar-refractivity contribution in [2.75, 3.05) is 29.9 Å². The Hall–Kier alpha value is -3.74. The number of rotatable bonds is 8. The topological polar surface area (TPSA) is 84.4 Å². The van der Waals surface area contributed by atoms with Crippen molar-refractivity contribution in [3.8, 4) is 11.3 Å². The third kappa shape index (κ3) is 5.11. The van der Waals surface area contributed by atoms with Gasteiger partial charge in [0.1, 0.15) is 12.1 Å². The molecule has 1 amide bonds. The molecular formula is C25H26N4O3. The van der Waals surface area contributed by atoms with Gasteiger partial charge in [0.05, 0.1) is 23.8 Å². The van der Waals surface area contributed by atoms with Crippen molar-refractivity contribution in [3.63, 3.8) is 0 Å². The number of carbonyl (C=O) groups excluding carboxylic acids is 2. The van der Waals surface area contributed by atoms with Crippen LogP contribution in [0.3, 0.4) is 0 Å². The minimum Gasteiger partial charge on any atom is -0.462 e. The highest BCUT2D eigenvalue weighted by Crippen LogP contribution is 2.27. The smallest absolute Gasteiger partial charge is 0.338 e. The summed E-state index contributed by atoms with van der Waals surface area (Å²) in [7, 11) is 0. The molecule has 0 saturated carbocycles. The lowest BCUT2D eigenvalue weighted by Gasteiger charge is -2.39. The van der Waals surface area contributed by atoms with Crippen molar-refractivity contribution in [1.29, 1.82) is 0 Å². The quantitative estimate of drug-likeness (QED) is 0.426. The highest BCUT2D eigenvalue weighted by Gasteiger charge is 2.33. The summed E-state index contributed by atoms with van der Waals surface area (Å²) in [6, 6.07) is 18.7. The van der Waals surface area contributed by atoms with Gasteiger partial charge in [-0.15, -0.1) is 0 Å². The summed E-state index contributed by atoms with van der Waals surface area (Å²) in [6.45, 7) is 3.66. The Labute approximate surface area is 187 Å². The lowest BCUT2D eigenvalue weighted by Crippen LogP contribution is -2.52. The normalized spacial score (nSPS) is 13.3. The Morgan fingerprint density at radius 3 is 2.53 bits per heavy atom. The summed E-state index contributed by atoms with van der Waals surface area (Å²) in [5.74, 6) is 0.306. The molecule has 7 nitrogen and oxygen atoms in total. The Morgan fingerprint density at radius 1 is 1.06 bits per heavy atom. The third-order valence-corrected chi connectivity index (χ3v) is 5.42. The SMILES string of the molecule is CCCCOC(=O)c1ccc(NC(=O)C2CN(c3cc(-c4ccccc4)ncn3)C2)cc1. The summed E-state index contributed by atoms with van der Waals surface area (Å²) >= 11 is 0. The van der Waals surface area contributed by atoms with Crippen molar-refractivity contribution in [2.45, 2.75) is 19.8 Å². The van der Waals surface area contributed by atoms with E-state index in [-0.39, 0.29) is 17.8 Å². The summed E-state index contributed by atoms with van der Waals surface area (Å²) < 4.78 is 5.20. The van der Waals surface area contributed by atoms with Crippen LogP contribution in [0.1, 0.15) is 30.1 Å². The van der Waals surface area contributed by atoms with Gasteiger partial charge >= 0.3 is 5.97 Å². The van der Waals surface area contributed by atoms with E-state index in [4.69, 9.17) is 4.74 Å². The summed E-state index contributed by atoms with van der Waals surface area (Å²) in [6.07, 6.45) is 3.38. The zero-order valence-corrected chi connectivity index (χ0v) is 18.0. The number of ether oxygens (including phenoxy) is 1. The second-order valence-corrected chi connectivity index (χ2v) is 7.79. The number of hydrogen-bond donors (Lipinski definition) is 1. The molecule has 1 fully saturated rings. The van der Waals surface area contributed by atoms with Crippen molar-refractivity contribution < 1.29 is 14.3 Å². The molecule has 1 saturated heterocycles. The van der Waals surface area contributed by atoms with E-state index in [1.54, 1.807) is 30.6 Å². The van der Waals surface area contributed by atoms with Gasteiger partial charge in [0.15, 0.2) is 0 Å². The van der Waals surface area contributed by atoms with Gasteiger partial charge in [0.2, 0.25) is 5.91 Å². The number of amides is 1. The monoisotopic (exact) mass is 430 g/mol. The average molecular weight is 431 g/mol. The van der Waals surface area contributed by atoms with Crippen LogP contribution in [0.15, 0.2) is 67.0 Å². The molecule has 0 spiro atoms. The van der Waals surface area contributed by atoms with Gasteiger partial charge < -0.3 is 15.0 Å². The molecule has 1 aliphatic heterocycles. The number of aromatic nitrogens is 2. The predicted octanol–water partition coefficient (Wildman–Crippen LogP) is 4.18. The lowest BCUT2D eigenvalue weighted by atomic mass is 9.98. The fourth-order valence-corrected chi connectivity index (χ4v) is 3.44. The molecule has 2 heterocycles. The first-order valence-electron chi connectivity index (χ1n) is 10.8. The second-order valence-electron chi connectivity index (χ2n) is 7.79. The molecule has 2 aromatic carbocycles. The largest absolute Gasteiger partial charge is 0.462 e. The van der Waals surface area contributed by atoms with Crippen LogP contribution < -0.4 is 10.2 Å². The molecule has 0 unspecified atom stereocenters. The van der Waals surface area contributed by atoms with E-state index in [2.05, 4.69) is 20.2 Å². The number of carbonyl (C=O) groups is 2. The molecule has 1 aromatic heterocycles. The van der Waals surface area contributed by atoms with E-state index in [1.165, 1.54) is 0 Å². The number of unbranched alkanes of at least 4 members (excludes halogenated alkanes) is 1. The van der Waals surface area contributed by atoms with E-state index in [1.807, 2.05) is 43.3 Å². The van der Waals surface area contributed by atoms with Crippen molar-refractivity contribution in [2.24, 2.45) is 5.92 Å². The maximum atomic E-state index is 12.6. The second kappa shape index (κ2) is 10.0. The Kier molecular flexibility index (Phi) is 6.75. The summed E-state index contributed by atoms with van der Waals surface area (Å²) in [5.41, 5.74) is 3.03. The van der Waals surface area contributed by atoms with Gasteiger partial charge in [-0.3, -0.25) is 4.79 Å². The number of hydrogen-bond acceptors (Lipinski definition) is 6. The molecule has 4 rings (SSSR count). The van der Waals surface area contributed by atoms with E-state index in [0.29, 0.717) is 30.9 Å². The fourth-order valence-electron chi connectivity index (χ4n) is 3.44. The fraction of sp³-hybridized carbons (Fsp3) is 0.280. The van der Waals surface area contributed by atoms with Crippen LogP contribution in [0.25, 0.3) is 11.3 Å². The van der Waals surface area contributed by atoms with Crippen LogP contribution in [0.4, 0.5) is 11.5 Å². The Bertz CT molecular complexity index is 1060. The molecular weight excluding hydrogens is 404 g/mol. The maximum Gasteiger partial charge on any atom is 0.338 e. The van der Waals surface area contributed by atoms with E-state index in [9.17, 15) is 9.59 Å². The molecule has 0 atom stereocenters. The standard InChI is InChI=1S/C25H26N4O3/c1-2-3-13-32-25(31)19-9-11-21(12-10-19)28-24(30)20-15-29(16-20)23-14-22(26-17-27-23)18-7-5-4-6-8-18/h4-12,14,17,20H,2-3,13,15-16H2,1H3,(H,28,30). The highest BCUT2D eigenvalue weighted by molar-refractivity contribution is 5.95. The van der Waals surface area contributed by atoms with Crippen molar-refractivity contribution >= 4 is 23.4 Å². The molecule has 32 heavy (non-hydrogen) atoms. The number of nitrogens with zero attached hydrogens (tertiary/aromatic N) is 3. The first-order chi connectivity index (χ1) is 15.6. The van der Waals surface area contributed by atoms with Gasteiger partial charge in [0.25, 0.3) is 0 Å². The first-order valence-corrected chi connectivity index (χ1v) is 10.8. The molecule has 3 aromatic rings. The zero-order chi connectivity index (χ0) is 22.3. The van der Waals surface area contributed by atoms with Crippen LogP contribution in [0.2, 0.25) is 0 Å². The summed E-state index contributed by atoms with van der Waals surface area (Å²) in [5, 5.41) is 2.92. The molecule has 7 heteroatoms. The molecule has 0 aliphatic carbocycles. The number of benzene rings is 2. The molecule has 0 radical (unpaired) electrons. The Morgan fingerprint density at radius 2 is 1.81 bits per heavy atom. The van der Waals surface area contributed by atoms with Crippen molar-refractivity contribution in [3.05, 3.63) is 72.6 Å². The van der Waals surface area contributed by atoms with Crippen LogP contribution >= 0.6 is 0 Å². The van der Waals surface area contributed by atoms with Crippen LogP contribution in [0.5, 0.6) is 0 Å². The molecule has 0 bridgehead atoms. The van der Waals surface area contributed by atoms with E-state index in [0.717, 1.165) is 29.9 Å². The minimum absolute atomic E-state index is 0.0446. The molecule has 164 valence electrons. The lowest BCUT2D eigenvalue weighted by molar-refractivity contribution is -0.120. The predicted molar refractivity (Wildman–Crippen MR) is 123 cm³/mol. The molecule has 1 N–H and O–H groups in total. The van der Waals surface area contributed by atoms with Crippen LogP contribution in [0, 0.1) is 5.92 Å². The van der Waals surface area contributed by atoms with E-state index < -0.39 is 0 Å². The number of nitrogens with one attached hydrogen (secondary N) is 1. The number of esters is 1. The number of anilines is 2. The van der Waals surface area contributed by atoms with Crippen molar-refractivity contribution in [1.82, 2.24) is 9.97 Å². The third-order valence-electron chi connectivity index (χ3n) is 5.42.